The molecule has 7 heteroatoms. The Morgan fingerprint density at radius 2 is 0.660 bits per heavy atom. The van der Waals surface area contributed by atoms with E-state index in [4.69, 9.17) is 15.3 Å². The summed E-state index contributed by atoms with van der Waals surface area (Å²) in [6, 6.07) is 48.8. The van der Waals surface area contributed by atoms with Crippen LogP contribution in [0.2, 0.25) is 0 Å². The fraction of sp³-hybridized carbons (Fsp3) is 0.0250. The zero-order valence-corrected chi connectivity index (χ0v) is 28.1. The average molecular weight is 726 g/mol. The van der Waals surface area contributed by atoms with Crippen LogP contribution >= 0.6 is 0 Å². The van der Waals surface area contributed by atoms with Crippen molar-refractivity contribution in [3.05, 3.63) is 180 Å². The molecule has 0 spiro atoms. The van der Waals surface area contributed by atoms with Crippen molar-refractivity contribution in [2.24, 2.45) is 0 Å². The van der Waals surface area contributed by atoms with Crippen LogP contribution in [-0.4, -0.2) is 55.8 Å². The molecule has 0 unspecified atom stereocenters. The van der Waals surface area contributed by atoms with E-state index in [2.05, 4.69) is 30.3 Å². The summed E-state index contributed by atoms with van der Waals surface area (Å²) in [6.07, 6.45) is 0. The quantitative estimate of drug-likeness (QED) is 0.156. The Morgan fingerprint density at radius 1 is 0.383 bits per heavy atom. The summed E-state index contributed by atoms with van der Waals surface area (Å²) in [5, 5.41) is 31.9. The zero-order chi connectivity index (χ0) is 33.6. The Labute approximate surface area is 285 Å². The molecule has 3 N–H and O–H groups in total. The minimum absolute atomic E-state index is 0.359. The molecule has 3 radical (unpaired) electrons. The van der Waals surface area contributed by atoms with E-state index in [1.807, 2.05) is 91.0 Å². The van der Waals surface area contributed by atoms with Gasteiger partial charge in [-0.2, -0.15) is 0 Å². The van der Waals surface area contributed by atoms with E-state index in [0.29, 0.717) is 16.7 Å². The summed E-state index contributed by atoms with van der Waals surface area (Å²) in [5.74, 6) is -2.63. The van der Waals surface area contributed by atoms with Gasteiger partial charge in [0, 0.05) is 0 Å². The van der Waals surface area contributed by atoms with Crippen molar-refractivity contribution in [1.82, 2.24) is 0 Å². The van der Waals surface area contributed by atoms with Crippen molar-refractivity contribution in [2.45, 2.75) is 4.44 Å². The fourth-order valence-electron chi connectivity index (χ4n) is 4.83. The number of aromatic carboxylic acids is 3. The van der Waals surface area contributed by atoms with Crippen LogP contribution in [0.15, 0.2) is 158 Å². The number of rotatable bonds is 4. The van der Waals surface area contributed by atoms with Crippen molar-refractivity contribution in [3.8, 4) is 0 Å². The van der Waals surface area contributed by atoms with Crippen LogP contribution < -0.4 is 0 Å². The first kappa shape index (κ1) is 34.4. The van der Waals surface area contributed by atoms with E-state index in [1.165, 1.54) is 10.0 Å². The topological polar surface area (TPSA) is 112 Å². The first-order chi connectivity index (χ1) is 22.8. The maximum atomic E-state index is 10.8. The molecule has 0 bridgehead atoms. The van der Waals surface area contributed by atoms with Crippen LogP contribution in [0.25, 0.3) is 32.3 Å². The van der Waals surface area contributed by atoms with Gasteiger partial charge in [-0.3, -0.25) is 0 Å². The molecule has 0 aliphatic heterocycles. The summed E-state index contributed by atoms with van der Waals surface area (Å²) < 4.78 is 1.23. The van der Waals surface area contributed by atoms with Crippen molar-refractivity contribution in [2.75, 3.05) is 0 Å². The van der Waals surface area contributed by atoms with Crippen LogP contribution in [0.3, 0.4) is 0 Å². The number of carbonyl (C=O) groups is 3. The van der Waals surface area contributed by atoms with E-state index in [9.17, 15) is 14.4 Å². The van der Waals surface area contributed by atoms with Gasteiger partial charge in [0.25, 0.3) is 0 Å². The molecule has 0 aliphatic carbocycles. The normalized spacial score (nSPS) is 9.98. The molecule has 231 valence electrons. The molecule has 0 saturated carbocycles. The molecule has 6 nitrogen and oxygen atoms in total. The van der Waals surface area contributed by atoms with Gasteiger partial charge in [0.2, 0.25) is 0 Å². The fourth-order valence-corrected chi connectivity index (χ4v) is 5.50. The van der Waals surface area contributed by atoms with Gasteiger partial charge >= 0.3 is 80.8 Å². The molecular weight excluding hydrogens is 695 g/mol. The molecule has 0 fully saturated rings. The monoisotopic (exact) mass is 727 g/mol. The number of carboxylic acid groups (broad SMARTS) is 3. The summed E-state index contributed by atoms with van der Waals surface area (Å²) in [5.41, 5.74) is 2.53. The van der Waals surface area contributed by atoms with Crippen molar-refractivity contribution >= 4 is 72.8 Å². The summed E-state index contributed by atoms with van der Waals surface area (Å²) in [4.78, 5) is 32.4. The van der Waals surface area contributed by atoms with E-state index in [0.717, 1.165) is 32.3 Å². The van der Waals surface area contributed by atoms with Crippen LogP contribution in [0.5, 0.6) is 0 Å². The van der Waals surface area contributed by atoms with Gasteiger partial charge in [0.15, 0.2) is 0 Å². The predicted octanol–water partition coefficient (Wildman–Crippen LogP) is 8.97. The third kappa shape index (κ3) is 9.51. The maximum absolute atomic E-state index is 10.8. The van der Waals surface area contributed by atoms with Gasteiger partial charge < -0.3 is 15.3 Å². The van der Waals surface area contributed by atoms with Gasteiger partial charge in [0.05, 0.1) is 16.7 Å². The van der Waals surface area contributed by atoms with E-state index in [-0.39, 0.29) is 0 Å². The molecule has 0 aliphatic rings. The Hall–Kier alpha value is -5.47. The number of carboxylic acids is 3. The molecule has 0 amide bonds. The van der Waals surface area contributed by atoms with E-state index >= 15 is 0 Å². The SMILES string of the molecule is O=C(O)c1cccc2ccccc12.O=C(O)c1cccc2ccccc12.O=C(O)c1cccc2ccccc12.[Sn][CH2]c1ccccc1. The molecule has 47 heavy (non-hydrogen) atoms. The number of fused-ring (bicyclic) bond motifs is 3. The van der Waals surface area contributed by atoms with Crippen LogP contribution in [0, 0.1) is 0 Å². The Kier molecular flexibility index (Phi) is 12.7. The third-order valence-corrected chi connectivity index (χ3v) is 8.27. The number of hydrogen-bond acceptors (Lipinski definition) is 3. The number of benzene rings is 7. The molecule has 0 aromatic heterocycles. The Balaban J connectivity index is 0.000000144. The number of hydrogen-bond donors (Lipinski definition) is 3. The first-order valence-electron chi connectivity index (χ1n) is 14.6. The van der Waals surface area contributed by atoms with Crippen LogP contribution in [-0.2, 0) is 4.44 Å². The van der Waals surface area contributed by atoms with Crippen LogP contribution in [0.1, 0.15) is 36.6 Å². The van der Waals surface area contributed by atoms with E-state index in [1.54, 1.807) is 58.9 Å². The standard InChI is InChI=1S/3C11H8O2.C7H7.Sn/c3*12-11(13)10-7-3-5-8-4-1-2-6-9(8)10;1-7-5-3-2-4-6-7;/h3*1-7H,(H,12,13);2-6H,1H2;. The predicted molar refractivity (Wildman–Crippen MR) is 189 cm³/mol. The summed E-state index contributed by atoms with van der Waals surface area (Å²) in [6.45, 7) is 0. The molecule has 0 saturated heterocycles. The first-order valence-corrected chi connectivity index (χ1v) is 16.6. The molecule has 0 heterocycles. The molecular formula is C40H31O6Sn. The molecule has 7 rings (SSSR count). The van der Waals surface area contributed by atoms with Gasteiger partial charge in [-0.1, -0.05) is 109 Å². The van der Waals surface area contributed by atoms with Gasteiger partial charge in [-0.05, 0) is 50.5 Å². The Morgan fingerprint density at radius 3 is 0.936 bits per heavy atom. The van der Waals surface area contributed by atoms with Crippen molar-refractivity contribution < 1.29 is 29.7 Å². The van der Waals surface area contributed by atoms with Gasteiger partial charge in [-0.25, -0.2) is 14.4 Å². The summed E-state index contributed by atoms with van der Waals surface area (Å²) >= 11 is 1.59. The second-order valence-corrected chi connectivity index (χ2v) is 11.2. The minimum atomic E-state index is -0.878. The van der Waals surface area contributed by atoms with Crippen LogP contribution in [0.4, 0.5) is 0 Å². The molecule has 7 aromatic carbocycles. The second kappa shape index (κ2) is 17.3. The van der Waals surface area contributed by atoms with Crippen molar-refractivity contribution in [1.29, 1.82) is 0 Å². The molecule has 7 aromatic rings. The van der Waals surface area contributed by atoms with Gasteiger partial charge in [-0.15, -0.1) is 0 Å². The molecule has 0 atom stereocenters. The zero-order valence-electron chi connectivity index (χ0n) is 25.3. The van der Waals surface area contributed by atoms with Gasteiger partial charge in [0.1, 0.15) is 0 Å². The van der Waals surface area contributed by atoms with E-state index < -0.39 is 17.9 Å². The summed E-state index contributed by atoms with van der Waals surface area (Å²) in [7, 11) is 0. The Bertz CT molecular complexity index is 1900. The second-order valence-electron chi connectivity index (χ2n) is 10.2. The third-order valence-electron chi connectivity index (χ3n) is 7.11. The van der Waals surface area contributed by atoms with Crippen molar-refractivity contribution in [3.63, 3.8) is 0 Å². The average Bonchev–Trinajstić information content (AvgIpc) is 3.12.